The van der Waals surface area contributed by atoms with E-state index in [0.717, 1.165) is 38.5 Å². The van der Waals surface area contributed by atoms with Gasteiger partial charge in [-0.2, -0.15) is 0 Å². The quantitative estimate of drug-likeness (QED) is 0.0953. The summed E-state index contributed by atoms with van der Waals surface area (Å²) in [6.07, 6.45) is 7.69. The van der Waals surface area contributed by atoms with Crippen LogP contribution in [0.4, 0.5) is 0 Å². The van der Waals surface area contributed by atoms with Gasteiger partial charge >= 0.3 is 0 Å². The molecule has 4 rings (SSSR count). The Labute approximate surface area is 604 Å². The number of piperidine rings is 1. The molecule has 27 nitrogen and oxygen atoms in total. The van der Waals surface area contributed by atoms with Crippen molar-refractivity contribution in [3.8, 4) is 0 Å². The van der Waals surface area contributed by atoms with E-state index in [-0.39, 0.29) is 99.9 Å². The first-order valence-electron chi connectivity index (χ1n) is 38.0. The summed E-state index contributed by atoms with van der Waals surface area (Å²) in [5.74, 6) is -7.00. The number of morpholine rings is 1. The maximum Gasteiger partial charge on any atom is 0.248 e. The second kappa shape index (κ2) is 43.3. The first kappa shape index (κ1) is 87.4. The fourth-order valence-electron chi connectivity index (χ4n) is 14.5. The molecule has 4 fully saturated rings. The van der Waals surface area contributed by atoms with E-state index in [1.807, 2.05) is 74.3 Å². The third-order valence-corrected chi connectivity index (χ3v) is 20.6. The van der Waals surface area contributed by atoms with E-state index in [0.29, 0.717) is 71.4 Å². The van der Waals surface area contributed by atoms with Crippen LogP contribution in [0.25, 0.3) is 0 Å². The van der Waals surface area contributed by atoms with E-state index in [4.69, 9.17) is 9.47 Å². The lowest BCUT2D eigenvalue weighted by molar-refractivity contribution is -0.151. The van der Waals surface area contributed by atoms with Crippen LogP contribution in [0.2, 0.25) is 0 Å². The molecule has 3 saturated heterocycles. The molecule has 0 aromatic carbocycles. The molecule has 0 bridgehead atoms. The molecule has 3 heterocycles. The molecule has 1 aliphatic carbocycles. The monoisotopic (exact) mass is 1430 g/mol. The van der Waals surface area contributed by atoms with Gasteiger partial charge < -0.3 is 75.5 Å². The second-order valence-electron chi connectivity index (χ2n) is 31.0. The lowest BCUT2D eigenvalue weighted by Crippen LogP contribution is -2.62. The van der Waals surface area contributed by atoms with E-state index < -0.39 is 139 Å². The Kier molecular flexibility index (Phi) is 37.5. The third-order valence-electron chi connectivity index (χ3n) is 20.6. The number of hydrogen-bond donors (Lipinski definition) is 6. The van der Waals surface area contributed by atoms with Crippen LogP contribution in [0.5, 0.6) is 0 Å². The van der Waals surface area contributed by atoms with Crippen molar-refractivity contribution in [1.82, 2.24) is 65.8 Å². The summed E-state index contributed by atoms with van der Waals surface area (Å²) in [7, 11) is 9.36. The highest BCUT2D eigenvalue weighted by atomic mass is 16.5. The molecule has 3 aliphatic heterocycles. The Bertz CT molecular complexity index is 2670. The molecule has 4 aliphatic rings. The molecule has 0 aromatic rings. The van der Waals surface area contributed by atoms with Crippen LogP contribution in [0.15, 0.2) is 0 Å². The number of unbranched alkanes of at least 4 members (excludes halogenated alkanes) is 1. The highest BCUT2D eigenvalue weighted by molar-refractivity contribution is 5.99. The maximum atomic E-state index is 15.5. The Morgan fingerprint density at radius 1 is 0.554 bits per heavy atom. The van der Waals surface area contributed by atoms with Crippen molar-refractivity contribution < 1.29 is 67.3 Å². The largest absolute Gasteiger partial charge is 0.391 e. The molecule has 0 radical (unpaired) electrons. The van der Waals surface area contributed by atoms with Crippen LogP contribution in [0.1, 0.15) is 199 Å². The van der Waals surface area contributed by atoms with E-state index in [1.165, 1.54) is 59.6 Å². The van der Waals surface area contributed by atoms with Crippen LogP contribution in [-0.4, -0.2) is 290 Å². The van der Waals surface area contributed by atoms with Gasteiger partial charge in [-0.25, -0.2) is 0 Å². The van der Waals surface area contributed by atoms with Crippen LogP contribution in [0, 0.1) is 29.6 Å². The van der Waals surface area contributed by atoms with Crippen LogP contribution >= 0.6 is 0 Å². The highest BCUT2D eigenvalue weighted by Gasteiger charge is 2.43. The number of rotatable bonds is 21. The minimum atomic E-state index is -1.62. The highest BCUT2D eigenvalue weighted by Crippen LogP contribution is 2.30. The summed E-state index contributed by atoms with van der Waals surface area (Å²) in [6.45, 7) is 23.9. The van der Waals surface area contributed by atoms with Crippen molar-refractivity contribution in [3.63, 3.8) is 0 Å². The number of likely N-dealkylation sites (N-methyl/N-ethyl adjacent to an activating group) is 6. The standard InChI is InChI=1S/C74H133N13O14/c1-19-22-32-87-43-64(90)83(16)61(38-49(8)9)68(93)77-56(72(97)86-33-27-24-28-34-86)41-63(89)82(15)58(20-2)66(91)76-55(37-48(6)7)70(95)81(14)54(36-47(4)5)42-80(13)60(40-52-29-25-23-26-30-52)67(92)78-57(46-101-45-53-44-100-35-31-75-53)71(96)84(17)59(21-3)73(98)85(18)62(39-50(10)11)69(94)79-65(51(12)88)74(87)99/h47-62,65,75,88H,19-46H2,1-18H3,(H,76,91)(H,77,93)(H,78,92)(H,79,94)/t51-,53+,54+,55+,56+,57+,58+,59+,60+,61+,62+,65+/m1/s1. The van der Waals surface area contributed by atoms with Gasteiger partial charge in [0.1, 0.15) is 48.3 Å². The van der Waals surface area contributed by atoms with Gasteiger partial charge in [0, 0.05) is 74.0 Å². The van der Waals surface area contributed by atoms with Crippen molar-refractivity contribution >= 4 is 65.0 Å². The summed E-state index contributed by atoms with van der Waals surface area (Å²) in [4.78, 5) is 177. The molecule has 0 spiro atoms. The number of likely N-dealkylation sites (tertiary alicyclic amines) is 1. The number of amides is 11. The second-order valence-corrected chi connectivity index (χ2v) is 31.0. The predicted molar refractivity (Wildman–Crippen MR) is 388 cm³/mol. The molecular weight excluding hydrogens is 1290 g/mol. The molecule has 1 saturated carbocycles. The fraction of sp³-hybridized carbons (Fsp3) is 0.851. The Morgan fingerprint density at radius 2 is 1.08 bits per heavy atom. The van der Waals surface area contributed by atoms with E-state index in [9.17, 15) is 38.7 Å². The van der Waals surface area contributed by atoms with Crippen molar-refractivity contribution in [2.45, 2.75) is 271 Å². The molecule has 101 heavy (non-hydrogen) atoms. The summed E-state index contributed by atoms with van der Waals surface area (Å²) in [5, 5.41) is 26.5. The molecule has 11 amide bonds. The van der Waals surface area contributed by atoms with Crippen molar-refractivity contribution in [1.29, 1.82) is 0 Å². The number of hydrogen-bond acceptors (Lipinski definition) is 16. The normalized spacial score (nSPS) is 27.9. The molecule has 12 atom stereocenters. The predicted octanol–water partition coefficient (Wildman–Crippen LogP) is 3.77. The average molecular weight is 1430 g/mol. The average Bonchev–Trinajstić information content (AvgIpc) is 0.827. The fourth-order valence-corrected chi connectivity index (χ4v) is 14.5. The number of aliphatic hydroxyl groups is 1. The third kappa shape index (κ3) is 26.9. The van der Waals surface area contributed by atoms with Gasteiger partial charge in [0.05, 0.1) is 57.6 Å². The number of aliphatic hydroxyl groups excluding tert-OH is 1. The number of carbonyl (C=O) groups excluding carboxylic acids is 11. The van der Waals surface area contributed by atoms with Gasteiger partial charge in [-0.3, -0.25) is 57.6 Å². The summed E-state index contributed by atoms with van der Waals surface area (Å²) in [6, 6.07) is -11.7. The van der Waals surface area contributed by atoms with Crippen LogP contribution in [0.3, 0.4) is 0 Å². The lowest BCUT2D eigenvalue weighted by atomic mass is 9.84. The number of nitrogens with zero attached hydrogens (tertiary/aromatic N) is 8. The van der Waals surface area contributed by atoms with Gasteiger partial charge in [-0.05, 0) is 114 Å². The lowest BCUT2D eigenvalue weighted by Gasteiger charge is -2.39. The zero-order valence-corrected chi connectivity index (χ0v) is 64.9. The molecule has 578 valence electrons. The van der Waals surface area contributed by atoms with Gasteiger partial charge in [0.25, 0.3) is 0 Å². The first-order valence-corrected chi connectivity index (χ1v) is 38.0. The minimum Gasteiger partial charge on any atom is -0.391 e. The smallest absolute Gasteiger partial charge is 0.248 e. The van der Waals surface area contributed by atoms with Crippen LogP contribution < -0.4 is 26.6 Å². The molecule has 0 unspecified atom stereocenters. The summed E-state index contributed by atoms with van der Waals surface area (Å²) >= 11 is 0. The number of ether oxygens (including phenoxy) is 2. The van der Waals surface area contributed by atoms with Crippen molar-refractivity contribution in [2.75, 3.05) is 108 Å². The van der Waals surface area contributed by atoms with Crippen molar-refractivity contribution in [3.05, 3.63) is 0 Å². The van der Waals surface area contributed by atoms with Crippen LogP contribution in [-0.2, 0) is 62.2 Å². The Morgan fingerprint density at radius 3 is 1.63 bits per heavy atom. The van der Waals surface area contributed by atoms with Gasteiger partial charge in [0.15, 0.2) is 0 Å². The number of nitrogens with one attached hydrogen (secondary N) is 5. The van der Waals surface area contributed by atoms with Gasteiger partial charge in [-0.1, -0.05) is 115 Å². The zero-order valence-electron chi connectivity index (χ0n) is 64.9. The molecule has 6 N–H and O–H groups in total. The first-order chi connectivity index (χ1) is 47.7. The SMILES string of the molecule is CCCCN1CC(=O)N(C)[C@@H](CC(C)C)C(=O)N[C@H](C(=O)N2CCCCC2)CC(=O)N(C)[C@@H](CC)C(=O)N[C@@H](CC(C)C)C(=O)N(C)[C@@H](CC(C)C)CN(C)[C@@H](CC2CCCCC2)C(=O)N[C@@H](COC[C@@H]2COCCN2)C(=O)N(C)[C@@H](CC)C(=O)N(C)[C@@H](CC(C)C)C(=O)N[C@@H]([C@@H](C)O)C1=O. The summed E-state index contributed by atoms with van der Waals surface area (Å²) in [5.41, 5.74) is 0. The van der Waals surface area contributed by atoms with Gasteiger partial charge in [0.2, 0.25) is 65.0 Å². The van der Waals surface area contributed by atoms with E-state index in [2.05, 4.69) is 26.6 Å². The zero-order chi connectivity index (χ0) is 75.5. The Balaban J connectivity index is 1.95. The topological polar surface area (TPSA) is 313 Å². The van der Waals surface area contributed by atoms with E-state index >= 15 is 19.2 Å². The molecular formula is C74H133N13O14. The maximum absolute atomic E-state index is 15.5. The van der Waals surface area contributed by atoms with E-state index in [1.54, 1.807) is 30.7 Å². The minimum absolute atomic E-state index is 0.0149. The summed E-state index contributed by atoms with van der Waals surface area (Å²) < 4.78 is 12.0. The Hall–Kier alpha value is -6.03. The van der Waals surface area contributed by atoms with Gasteiger partial charge in [-0.15, -0.1) is 0 Å². The van der Waals surface area contributed by atoms with Crippen molar-refractivity contribution in [2.24, 2.45) is 29.6 Å². The number of carbonyl (C=O) groups is 11. The molecule has 0 aromatic heterocycles. The molecule has 27 heteroatoms.